The van der Waals surface area contributed by atoms with Crippen molar-refractivity contribution in [1.82, 2.24) is 9.62 Å². The number of hydrogen-bond donors (Lipinski definition) is 3. The van der Waals surface area contributed by atoms with Crippen molar-refractivity contribution in [1.29, 1.82) is 0 Å². The molecular formula is C51H82N2O16S. The molecule has 4 fully saturated rings. The van der Waals surface area contributed by atoms with Gasteiger partial charge in [0.05, 0.1) is 24.4 Å². The Kier molecular flexibility index (Phi) is 21.5. The number of nitrogens with one attached hydrogen (secondary N) is 1. The van der Waals surface area contributed by atoms with Crippen LogP contribution < -0.4 is 4.72 Å². The Hall–Kier alpha value is -3.30. The normalized spacial score (nSPS) is 37.5. The largest absolute Gasteiger partial charge is 0.456 e. The van der Waals surface area contributed by atoms with Gasteiger partial charge in [0.2, 0.25) is 5.79 Å². The number of amides is 2. The molecule has 2 amide bonds. The third kappa shape index (κ3) is 14.9. The molecule has 2 saturated carbocycles. The third-order valence-electron chi connectivity index (χ3n) is 15.4. The van der Waals surface area contributed by atoms with Gasteiger partial charge in [-0.3, -0.25) is 14.4 Å². The molecule has 2 saturated heterocycles. The van der Waals surface area contributed by atoms with E-state index in [1.807, 2.05) is 37.6 Å². The molecule has 18 nitrogen and oxygen atoms in total. The molecule has 3 heterocycles. The number of hydrogen-bond acceptors (Lipinski definition) is 16. The number of carbonyl (C=O) groups excluding carboxylic acids is 5. The number of ether oxygens (including phenoxy) is 6. The standard InChI is InChI=1S/C51H82N2O16S/c1-10-36-24-30(2)23-31(3)25-43(64-8)46-44(65-9)27-33(5)51(60,68-46)47(56)48(57)53-22-16-15-19-38(53)49(58)67-45(34(6)39(54)29-40(36)55)32(4)26-35-20-21-41(42(28-35)63-7)69-70(61,62)52-50(59)66-37-17-13-11-12-14-18-37/h24,26,31,33-39,41-46,54,60H,10-23,25,27-29H2,1-9H3,(H,52,59)/b30-24+,32-26+/t31-,33+,34+,35-,36+,38-,39-,41-,42+,43-,44-,45?,46+,51+/m0/s1. The van der Waals surface area contributed by atoms with Crippen molar-refractivity contribution in [3.63, 3.8) is 0 Å². The zero-order chi connectivity index (χ0) is 51.5. The Labute approximate surface area is 415 Å². The Morgan fingerprint density at radius 2 is 1.51 bits per heavy atom. The second-order valence-corrected chi connectivity index (χ2v) is 22.1. The second kappa shape index (κ2) is 26.1. The van der Waals surface area contributed by atoms with Gasteiger partial charge in [0.25, 0.3) is 11.7 Å². The van der Waals surface area contributed by atoms with Crippen molar-refractivity contribution < 1.29 is 75.2 Å². The van der Waals surface area contributed by atoms with Crippen LogP contribution in [0, 0.1) is 29.6 Å². The number of cyclic esters (lactones) is 1. The van der Waals surface area contributed by atoms with Crippen LogP contribution in [0.2, 0.25) is 0 Å². The van der Waals surface area contributed by atoms with Crippen molar-refractivity contribution in [3.05, 3.63) is 23.3 Å². The highest BCUT2D eigenvalue weighted by atomic mass is 32.2. The Morgan fingerprint density at radius 3 is 2.16 bits per heavy atom. The topological polar surface area (TPSA) is 240 Å². The molecule has 0 radical (unpaired) electrons. The maximum Gasteiger partial charge on any atom is 0.422 e. The van der Waals surface area contributed by atoms with Gasteiger partial charge in [-0.25, -0.2) is 13.8 Å². The Balaban J connectivity index is 1.42. The number of ketones is 2. The summed E-state index contributed by atoms with van der Waals surface area (Å²) in [4.78, 5) is 71.0. The first-order chi connectivity index (χ1) is 33.1. The van der Waals surface area contributed by atoms with E-state index in [1.165, 1.54) is 21.3 Å². The van der Waals surface area contributed by atoms with Crippen LogP contribution >= 0.6 is 0 Å². The molecule has 70 heavy (non-hydrogen) atoms. The molecular weight excluding hydrogens is 929 g/mol. The van der Waals surface area contributed by atoms with E-state index in [0.29, 0.717) is 56.9 Å². The molecule has 14 atom stereocenters. The van der Waals surface area contributed by atoms with E-state index in [2.05, 4.69) is 0 Å². The van der Waals surface area contributed by atoms with Crippen molar-refractivity contribution in [2.45, 2.75) is 211 Å². The maximum atomic E-state index is 14.5. The van der Waals surface area contributed by atoms with Crippen LogP contribution in [0.25, 0.3) is 0 Å². The van der Waals surface area contributed by atoms with Crippen molar-refractivity contribution >= 4 is 39.8 Å². The number of esters is 1. The molecule has 19 heteroatoms. The summed E-state index contributed by atoms with van der Waals surface area (Å²) < 4.78 is 68.9. The quantitative estimate of drug-likeness (QED) is 0.0957. The van der Waals surface area contributed by atoms with Gasteiger partial charge >= 0.3 is 22.4 Å². The van der Waals surface area contributed by atoms with E-state index >= 15 is 0 Å². The summed E-state index contributed by atoms with van der Waals surface area (Å²) in [6.07, 6.45) is 4.88. The predicted octanol–water partition coefficient (Wildman–Crippen LogP) is 6.19. The van der Waals surface area contributed by atoms with Gasteiger partial charge in [-0.1, -0.05) is 58.3 Å². The molecule has 3 aliphatic heterocycles. The molecule has 3 N–H and O–H groups in total. The summed E-state index contributed by atoms with van der Waals surface area (Å²) in [5.41, 5.74) is 1.49. The SMILES string of the molecule is CC[C@@H]1/C=C(\C)C[C@H](C)C[C@H](OC)[C@H]2O[C@@](O)(C(=O)C(=O)N3CCCC[C@H]3C(=O)OC(/C(C)=C/[C@@H]3CC[C@H](OS(=O)(=O)NC(=O)OC4CCCCCC4)[C@H](OC)C3)[C@H](C)[C@@H](O)CC1=O)[C@H](C)C[C@@H]2OC. The van der Waals surface area contributed by atoms with E-state index in [1.54, 1.807) is 20.8 Å². The number of fused-ring (bicyclic) bond motifs is 3. The van der Waals surface area contributed by atoms with E-state index < -0.39 is 106 Å². The van der Waals surface area contributed by atoms with Crippen LogP contribution in [0.1, 0.15) is 151 Å². The smallest absolute Gasteiger partial charge is 0.422 e. The minimum Gasteiger partial charge on any atom is -0.456 e. The minimum absolute atomic E-state index is 0.00910. The van der Waals surface area contributed by atoms with Crippen molar-refractivity contribution in [2.24, 2.45) is 29.6 Å². The number of carbonyl (C=O) groups is 5. The van der Waals surface area contributed by atoms with Gasteiger partial charge in [-0.05, 0) is 121 Å². The first kappa shape index (κ1) is 57.6. The number of aliphatic hydroxyl groups is 2. The Bertz CT molecular complexity index is 1970. The van der Waals surface area contributed by atoms with Crippen LogP contribution in [0.4, 0.5) is 4.79 Å². The number of Topliss-reactive ketones (excluding diaryl/α,β-unsaturated/α-hetero) is 2. The lowest BCUT2D eigenvalue weighted by Gasteiger charge is -2.47. The van der Waals surface area contributed by atoms with Crippen LogP contribution in [-0.2, 0) is 62.1 Å². The lowest BCUT2D eigenvalue weighted by atomic mass is 9.81. The minimum atomic E-state index is -4.56. The first-order valence-corrected chi connectivity index (χ1v) is 27.1. The van der Waals surface area contributed by atoms with E-state index in [-0.39, 0.29) is 62.4 Å². The zero-order valence-electron chi connectivity index (χ0n) is 42.9. The average molecular weight is 1010 g/mol. The molecule has 0 aromatic carbocycles. The van der Waals surface area contributed by atoms with Gasteiger partial charge in [0.1, 0.15) is 36.2 Å². The van der Waals surface area contributed by atoms with E-state index in [9.17, 15) is 42.6 Å². The molecule has 5 rings (SSSR count). The molecule has 2 bridgehead atoms. The molecule has 2 aliphatic carbocycles. The molecule has 0 aromatic rings. The fourth-order valence-electron chi connectivity index (χ4n) is 11.3. The number of methoxy groups -OCH3 is 3. The number of aliphatic hydroxyl groups excluding tert-OH is 1. The Morgan fingerprint density at radius 1 is 0.871 bits per heavy atom. The number of rotatable bonds is 10. The van der Waals surface area contributed by atoms with Crippen LogP contribution in [0.5, 0.6) is 0 Å². The van der Waals surface area contributed by atoms with Gasteiger partial charge in [-0.2, -0.15) is 13.1 Å². The third-order valence-corrected chi connectivity index (χ3v) is 16.3. The summed E-state index contributed by atoms with van der Waals surface area (Å²) in [6.45, 7) is 11.0. The average Bonchev–Trinajstić information content (AvgIpc) is 3.59. The highest BCUT2D eigenvalue weighted by Crippen LogP contribution is 2.40. The highest BCUT2D eigenvalue weighted by Gasteiger charge is 2.56. The monoisotopic (exact) mass is 1010 g/mol. The lowest BCUT2D eigenvalue weighted by molar-refractivity contribution is -0.302. The summed E-state index contributed by atoms with van der Waals surface area (Å²) in [7, 11) is -0.106. The summed E-state index contributed by atoms with van der Waals surface area (Å²) in [5, 5.41) is 24.0. The predicted molar refractivity (Wildman–Crippen MR) is 257 cm³/mol. The molecule has 5 aliphatic rings. The summed E-state index contributed by atoms with van der Waals surface area (Å²) >= 11 is 0. The fourth-order valence-corrected chi connectivity index (χ4v) is 12.2. The maximum absolute atomic E-state index is 14.5. The van der Waals surface area contributed by atoms with Gasteiger partial charge in [0.15, 0.2) is 0 Å². The molecule has 398 valence electrons. The van der Waals surface area contributed by atoms with Crippen LogP contribution in [-0.4, -0.2) is 142 Å². The summed E-state index contributed by atoms with van der Waals surface area (Å²) in [5.74, 6) is -8.33. The van der Waals surface area contributed by atoms with Gasteiger partial charge in [0, 0.05) is 52.0 Å². The molecule has 1 unspecified atom stereocenters. The zero-order valence-corrected chi connectivity index (χ0v) is 43.7. The van der Waals surface area contributed by atoms with Crippen molar-refractivity contribution in [2.75, 3.05) is 27.9 Å². The van der Waals surface area contributed by atoms with Gasteiger partial charge < -0.3 is 43.5 Å². The number of piperidine rings is 1. The first-order valence-electron chi connectivity index (χ1n) is 25.7. The van der Waals surface area contributed by atoms with Crippen molar-refractivity contribution in [3.8, 4) is 0 Å². The summed E-state index contributed by atoms with van der Waals surface area (Å²) in [6, 6.07) is -1.22. The van der Waals surface area contributed by atoms with E-state index in [0.717, 1.165) is 36.2 Å². The molecule has 0 aromatic heterocycles. The van der Waals surface area contributed by atoms with Gasteiger partial charge in [-0.15, -0.1) is 0 Å². The molecule has 0 spiro atoms. The van der Waals surface area contributed by atoms with E-state index in [4.69, 9.17) is 32.6 Å². The van der Waals surface area contributed by atoms with Crippen LogP contribution in [0.15, 0.2) is 23.3 Å². The fraction of sp³-hybridized carbons (Fsp3) is 0.824. The second-order valence-electron chi connectivity index (χ2n) is 20.8. The highest BCUT2D eigenvalue weighted by molar-refractivity contribution is 7.85. The lowest BCUT2D eigenvalue weighted by Crippen LogP contribution is -2.64. The number of allylic oxidation sites excluding steroid dienone is 3. The van der Waals surface area contributed by atoms with Crippen LogP contribution in [0.3, 0.4) is 0 Å². The number of nitrogens with zero attached hydrogens (tertiary/aromatic N) is 1.